The van der Waals surface area contributed by atoms with Gasteiger partial charge in [-0.1, -0.05) is 12.1 Å². The summed E-state index contributed by atoms with van der Waals surface area (Å²) in [6.07, 6.45) is 3.26. The molecule has 1 fully saturated rings. The van der Waals surface area contributed by atoms with Crippen molar-refractivity contribution in [3.63, 3.8) is 0 Å². The Balaban J connectivity index is 1.55. The van der Waals surface area contributed by atoms with E-state index in [-0.39, 0.29) is 23.8 Å². The van der Waals surface area contributed by atoms with Crippen molar-refractivity contribution in [3.05, 3.63) is 57.1 Å². The Hall–Kier alpha value is -2.62. The van der Waals surface area contributed by atoms with Gasteiger partial charge in [-0.3, -0.25) is 25.1 Å². The van der Waals surface area contributed by atoms with Crippen molar-refractivity contribution >= 4 is 34.1 Å². The first-order chi connectivity index (χ1) is 13.4. The van der Waals surface area contributed by atoms with Crippen molar-refractivity contribution in [1.29, 1.82) is 0 Å². The number of nitro benzene ring substituents is 1. The molecule has 8 nitrogen and oxygen atoms in total. The van der Waals surface area contributed by atoms with Crippen LogP contribution in [-0.4, -0.2) is 46.0 Å². The molecule has 2 aromatic rings. The number of non-ortho nitro benzene ring substituents is 1. The Morgan fingerprint density at radius 2 is 2.18 bits per heavy atom. The van der Waals surface area contributed by atoms with E-state index in [4.69, 9.17) is 4.74 Å². The minimum absolute atomic E-state index is 0.0149. The van der Waals surface area contributed by atoms with Gasteiger partial charge in [0.05, 0.1) is 22.8 Å². The maximum atomic E-state index is 12.1. The first kappa shape index (κ1) is 20.1. The molecular weight excluding hydrogens is 380 g/mol. The molecular formula is C19H22N4O4S. The molecule has 1 aromatic carbocycles. The van der Waals surface area contributed by atoms with E-state index in [2.05, 4.69) is 29.0 Å². The zero-order chi connectivity index (χ0) is 20.1. The number of thiazole rings is 1. The van der Waals surface area contributed by atoms with Gasteiger partial charge < -0.3 is 4.74 Å². The van der Waals surface area contributed by atoms with Crippen LogP contribution >= 0.6 is 11.3 Å². The molecule has 1 amide bonds. The molecule has 1 aliphatic rings. The summed E-state index contributed by atoms with van der Waals surface area (Å²) in [4.78, 5) is 29.2. The number of nitrogens with zero attached hydrogens (tertiary/aromatic N) is 3. The standard InChI is InChI=1S/C19H22N4O4S/c1-13-9-22(10-14(2)27-13)11-16-12-28-19(20-16)21-18(24)7-6-15-4-3-5-17(8-15)23(25)26/h3-8,12-14H,9-11H2,1-2H3,(H,20,21,24)/b7-6+. The second kappa shape index (κ2) is 9.05. The van der Waals surface area contributed by atoms with Crippen LogP contribution in [-0.2, 0) is 16.1 Å². The van der Waals surface area contributed by atoms with Crippen molar-refractivity contribution in [2.45, 2.75) is 32.6 Å². The molecule has 3 rings (SSSR count). The van der Waals surface area contributed by atoms with Gasteiger partial charge in [0.2, 0.25) is 5.91 Å². The van der Waals surface area contributed by atoms with E-state index in [1.54, 1.807) is 12.1 Å². The number of amides is 1. The maximum Gasteiger partial charge on any atom is 0.270 e. The molecule has 2 atom stereocenters. The Kier molecular flexibility index (Phi) is 6.50. The van der Waals surface area contributed by atoms with Crippen LogP contribution in [0.4, 0.5) is 10.8 Å². The summed E-state index contributed by atoms with van der Waals surface area (Å²) < 4.78 is 5.73. The quantitative estimate of drug-likeness (QED) is 0.452. The lowest BCUT2D eigenvalue weighted by molar-refractivity contribution is -0.384. The third-order valence-electron chi connectivity index (χ3n) is 4.17. The number of carbonyl (C=O) groups is 1. The van der Waals surface area contributed by atoms with E-state index in [0.29, 0.717) is 17.2 Å². The lowest BCUT2D eigenvalue weighted by Gasteiger charge is -2.34. The molecule has 2 unspecified atom stereocenters. The summed E-state index contributed by atoms with van der Waals surface area (Å²) in [5.74, 6) is -0.332. The monoisotopic (exact) mass is 402 g/mol. The van der Waals surface area contributed by atoms with Gasteiger partial charge in [-0.2, -0.15) is 0 Å². The van der Waals surface area contributed by atoms with Crippen LogP contribution in [0.3, 0.4) is 0 Å². The fourth-order valence-electron chi connectivity index (χ4n) is 3.14. The van der Waals surface area contributed by atoms with Gasteiger partial charge in [0.25, 0.3) is 5.69 Å². The molecule has 1 N–H and O–H groups in total. The third-order valence-corrected chi connectivity index (χ3v) is 4.98. The predicted molar refractivity (Wildman–Crippen MR) is 108 cm³/mol. The molecule has 1 aromatic heterocycles. The number of nitrogens with one attached hydrogen (secondary N) is 1. The van der Waals surface area contributed by atoms with Crippen LogP contribution in [0.5, 0.6) is 0 Å². The molecule has 148 valence electrons. The van der Waals surface area contributed by atoms with Gasteiger partial charge in [0.1, 0.15) is 0 Å². The van der Waals surface area contributed by atoms with Gasteiger partial charge in [0, 0.05) is 43.2 Å². The minimum atomic E-state index is -0.468. The Morgan fingerprint density at radius 1 is 1.43 bits per heavy atom. The summed E-state index contributed by atoms with van der Waals surface area (Å²) in [7, 11) is 0. The van der Waals surface area contributed by atoms with Crippen LogP contribution in [0.2, 0.25) is 0 Å². The number of aromatic nitrogens is 1. The van der Waals surface area contributed by atoms with Gasteiger partial charge in [-0.05, 0) is 25.5 Å². The maximum absolute atomic E-state index is 12.1. The van der Waals surface area contributed by atoms with E-state index >= 15 is 0 Å². The number of ether oxygens (including phenoxy) is 1. The average molecular weight is 402 g/mol. The van der Waals surface area contributed by atoms with E-state index in [1.165, 1.54) is 35.6 Å². The normalized spacial score (nSPS) is 20.4. The molecule has 1 aliphatic heterocycles. The van der Waals surface area contributed by atoms with Crippen LogP contribution in [0.15, 0.2) is 35.7 Å². The molecule has 9 heteroatoms. The molecule has 0 aliphatic carbocycles. The SMILES string of the molecule is CC1CN(Cc2csc(NC(=O)/C=C/c3cccc([N+](=O)[O-])c3)n2)CC(C)O1. The largest absolute Gasteiger partial charge is 0.373 e. The van der Waals surface area contributed by atoms with Gasteiger partial charge >= 0.3 is 0 Å². The molecule has 0 saturated carbocycles. The predicted octanol–water partition coefficient (Wildman–Crippen LogP) is 3.31. The fraction of sp³-hybridized carbons (Fsp3) is 0.368. The van der Waals surface area contributed by atoms with E-state index in [0.717, 1.165) is 18.8 Å². The highest BCUT2D eigenvalue weighted by Crippen LogP contribution is 2.19. The lowest BCUT2D eigenvalue weighted by Crippen LogP contribution is -2.44. The Morgan fingerprint density at radius 3 is 2.89 bits per heavy atom. The van der Waals surface area contributed by atoms with E-state index in [9.17, 15) is 14.9 Å². The van der Waals surface area contributed by atoms with Gasteiger partial charge in [-0.25, -0.2) is 4.98 Å². The number of hydrogen-bond acceptors (Lipinski definition) is 7. The van der Waals surface area contributed by atoms with Crippen molar-refractivity contribution in [2.75, 3.05) is 18.4 Å². The van der Waals surface area contributed by atoms with E-state index < -0.39 is 4.92 Å². The number of carbonyl (C=O) groups excluding carboxylic acids is 1. The zero-order valence-electron chi connectivity index (χ0n) is 15.7. The summed E-state index contributed by atoms with van der Waals surface area (Å²) in [6.45, 7) is 6.55. The number of nitro groups is 1. The second-order valence-corrected chi connectivity index (χ2v) is 7.63. The smallest absolute Gasteiger partial charge is 0.270 e. The molecule has 28 heavy (non-hydrogen) atoms. The summed E-state index contributed by atoms with van der Waals surface area (Å²) in [5.41, 5.74) is 1.47. The average Bonchev–Trinajstić information content (AvgIpc) is 3.06. The van der Waals surface area contributed by atoms with Crippen LogP contribution in [0.1, 0.15) is 25.1 Å². The van der Waals surface area contributed by atoms with Gasteiger partial charge in [-0.15, -0.1) is 11.3 Å². The summed E-state index contributed by atoms with van der Waals surface area (Å²) in [6, 6.07) is 6.10. The highest BCUT2D eigenvalue weighted by atomic mass is 32.1. The Bertz CT molecular complexity index is 872. The minimum Gasteiger partial charge on any atom is -0.373 e. The molecule has 0 spiro atoms. The molecule has 0 radical (unpaired) electrons. The molecule has 2 heterocycles. The molecule has 1 saturated heterocycles. The lowest BCUT2D eigenvalue weighted by atomic mass is 10.2. The van der Waals surface area contributed by atoms with Crippen LogP contribution < -0.4 is 5.32 Å². The zero-order valence-corrected chi connectivity index (χ0v) is 16.5. The van der Waals surface area contributed by atoms with Crippen molar-refractivity contribution in [3.8, 4) is 0 Å². The number of rotatable bonds is 6. The first-order valence-corrected chi connectivity index (χ1v) is 9.83. The highest BCUT2D eigenvalue weighted by Gasteiger charge is 2.22. The molecule has 0 bridgehead atoms. The highest BCUT2D eigenvalue weighted by molar-refractivity contribution is 7.13. The second-order valence-electron chi connectivity index (χ2n) is 6.77. The third kappa shape index (κ3) is 5.69. The van der Waals surface area contributed by atoms with Crippen LogP contribution in [0, 0.1) is 10.1 Å². The van der Waals surface area contributed by atoms with Crippen molar-refractivity contribution in [1.82, 2.24) is 9.88 Å². The number of anilines is 1. The Labute approximate surface area is 167 Å². The summed E-state index contributed by atoms with van der Waals surface area (Å²) in [5, 5.41) is 16.0. The van der Waals surface area contributed by atoms with Crippen molar-refractivity contribution in [2.24, 2.45) is 0 Å². The van der Waals surface area contributed by atoms with Crippen molar-refractivity contribution < 1.29 is 14.5 Å². The first-order valence-electron chi connectivity index (χ1n) is 8.95. The fourth-order valence-corrected chi connectivity index (χ4v) is 3.84. The number of hydrogen-bond donors (Lipinski definition) is 1. The summed E-state index contributed by atoms with van der Waals surface area (Å²) >= 11 is 1.37. The topological polar surface area (TPSA) is 97.6 Å². The number of benzene rings is 1. The van der Waals surface area contributed by atoms with Gasteiger partial charge in [0.15, 0.2) is 5.13 Å². The van der Waals surface area contributed by atoms with Crippen LogP contribution in [0.25, 0.3) is 6.08 Å². The van der Waals surface area contributed by atoms with E-state index in [1.807, 2.05) is 5.38 Å². The number of morpholine rings is 1.